The van der Waals surface area contributed by atoms with Crippen molar-refractivity contribution in [2.24, 2.45) is 0 Å². The summed E-state index contributed by atoms with van der Waals surface area (Å²) in [6.45, 7) is 0. The number of nitrogens with zero attached hydrogens (tertiary/aromatic N) is 3. The molecule has 4 rings (SSSR count). The number of carbonyl (C=O) groups excluding carboxylic acids is 1. The number of benzene rings is 1. The number of fused-ring (bicyclic) bond motifs is 1. The SMILES string of the molecule is Nc1ccccc1NC(=O)c1nc(C2CCC2)n2ccnc([As])c12. The van der Waals surface area contributed by atoms with Crippen LogP contribution in [-0.4, -0.2) is 37.1 Å². The van der Waals surface area contributed by atoms with E-state index in [2.05, 4.69) is 32.1 Å². The molecule has 1 aromatic carbocycles. The topological polar surface area (TPSA) is 85.3 Å². The Morgan fingerprint density at radius 2 is 2.12 bits per heavy atom. The summed E-state index contributed by atoms with van der Waals surface area (Å²) >= 11 is 2.41. The maximum atomic E-state index is 12.8. The molecule has 24 heavy (non-hydrogen) atoms. The first-order valence-electron chi connectivity index (χ1n) is 7.87. The van der Waals surface area contributed by atoms with E-state index < -0.39 is 0 Å². The van der Waals surface area contributed by atoms with E-state index in [1.807, 2.05) is 22.7 Å². The molecule has 1 fully saturated rings. The molecular weight excluding hydrogens is 365 g/mol. The van der Waals surface area contributed by atoms with E-state index in [1.54, 1.807) is 18.3 Å². The molecule has 2 aromatic heterocycles. The molecule has 2 radical (unpaired) electrons. The van der Waals surface area contributed by atoms with E-state index in [1.165, 1.54) is 6.42 Å². The third-order valence-electron chi connectivity index (χ3n) is 4.46. The summed E-state index contributed by atoms with van der Waals surface area (Å²) in [6.07, 6.45) is 7.05. The third-order valence-corrected chi connectivity index (χ3v) is 5.14. The van der Waals surface area contributed by atoms with Gasteiger partial charge >= 0.3 is 148 Å². The van der Waals surface area contributed by atoms with Crippen LogP contribution >= 0.6 is 0 Å². The van der Waals surface area contributed by atoms with Gasteiger partial charge in [-0.15, -0.1) is 0 Å². The summed E-state index contributed by atoms with van der Waals surface area (Å²) < 4.78 is 2.72. The van der Waals surface area contributed by atoms with Gasteiger partial charge in [-0.2, -0.15) is 0 Å². The summed E-state index contributed by atoms with van der Waals surface area (Å²) in [5.74, 6) is 1.09. The fourth-order valence-electron chi connectivity index (χ4n) is 2.95. The molecule has 0 unspecified atom stereocenters. The molecule has 120 valence electrons. The average molecular weight is 381 g/mol. The number of imidazole rings is 1. The fourth-order valence-corrected chi connectivity index (χ4v) is 3.54. The van der Waals surface area contributed by atoms with Crippen molar-refractivity contribution in [3.63, 3.8) is 0 Å². The molecule has 0 spiro atoms. The van der Waals surface area contributed by atoms with E-state index in [-0.39, 0.29) is 5.91 Å². The van der Waals surface area contributed by atoms with Gasteiger partial charge in [0.1, 0.15) is 0 Å². The Morgan fingerprint density at radius 1 is 1.33 bits per heavy atom. The Balaban J connectivity index is 1.78. The van der Waals surface area contributed by atoms with Crippen LogP contribution in [0.15, 0.2) is 36.7 Å². The number of hydrogen-bond acceptors (Lipinski definition) is 4. The molecule has 1 saturated carbocycles. The predicted octanol–water partition coefficient (Wildman–Crippen LogP) is 1.63. The summed E-state index contributed by atoms with van der Waals surface area (Å²) in [5, 5.41) is 2.86. The van der Waals surface area contributed by atoms with E-state index in [9.17, 15) is 4.79 Å². The van der Waals surface area contributed by atoms with Gasteiger partial charge in [0.2, 0.25) is 0 Å². The quantitative estimate of drug-likeness (QED) is 0.534. The normalized spacial score (nSPS) is 14.5. The summed E-state index contributed by atoms with van der Waals surface area (Å²) in [6, 6.07) is 7.20. The Hall–Kier alpha value is -2.33. The van der Waals surface area contributed by atoms with E-state index in [0.29, 0.717) is 23.0 Å². The molecular formula is C17H16AsN5O. The van der Waals surface area contributed by atoms with Crippen LogP contribution in [-0.2, 0) is 0 Å². The molecule has 6 nitrogen and oxygen atoms in total. The molecule has 1 aliphatic carbocycles. The zero-order chi connectivity index (χ0) is 16.7. The fraction of sp³-hybridized carbons (Fsp3) is 0.235. The number of anilines is 2. The van der Waals surface area contributed by atoms with Crippen LogP contribution in [0.3, 0.4) is 0 Å². The van der Waals surface area contributed by atoms with E-state index in [0.717, 1.165) is 28.7 Å². The van der Waals surface area contributed by atoms with Crippen LogP contribution in [0.25, 0.3) is 5.52 Å². The zero-order valence-electron chi connectivity index (χ0n) is 12.9. The first-order valence-corrected chi connectivity index (χ1v) is 8.80. The molecule has 0 aliphatic heterocycles. The Bertz CT molecular complexity index is 932. The van der Waals surface area contributed by atoms with Crippen LogP contribution in [0, 0.1) is 0 Å². The molecule has 1 amide bonds. The van der Waals surface area contributed by atoms with Crippen molar-refractivity contribution >= 4 is 44.1 Å². The Morgan fingerprint density at radius 3 is 2.83 bits per heavy atom. The Labute approximate surface area is 148 Å². The van der Waals surface area contributed by atoms with Crippen molar-refractivity contribution in [3.05, 3.63) is 48.2 Å². The van der Waals surface area contributed by atoms with Crippen LogP contribution in [0.4, 0.5) is 11.4 Å². The Kier molecular flexibility index (Phi) is 3.77. The minimum atomic E-state index is -0.267. The van der Waals surface area contributed by atoms with Crippen molar-refractivity contribution in [2.45, 2.75) is 25.2 Å². The zero-order valence-corrected chi connectivity index (χ0v) is 14.8. The van der Waals surface area contributed by atoms with Gasteiger partial charge in [-0.1, -0.05) is 0 Å². The first-order chi connectivity index (χ1) is 11.6. The summed E-state index contributed by atoms with van der Waals surface area (Å²) in [4.78, 5) is 21.8. The number of amides is 1. The van der Waals surface area contributed by atoms with Gasteiger partial charge in [0, 0.05) is 0 Å². The summed E-state index contributed by atoms with van der Waals surface area (Å²) in [7, 11) is 0. The molecule has 0 saturated heterocycles. The maximum absolute atomic E-state index is 12.8. The van der Waals surface area contributed by atoms with Crippen LogP contribution < -0.4 is 15.5 Å². The second-order valence-corrected chi connectivity index (χ2v) is 6.85. The third kappa shape index (κ3) is 2.47. The van der Waals surface area contributed by atoms with Crippen molar-refractivity contribution in [1.82, 2.24) is 14.4 Å². The van der Waals surface area contributed by atoms with E-state index in [4.69, 9.17) is 5.73 Å². The molecule has 0 atom stereocenters. The van der Waals surface area contributed by atoms with Crippen molar-refractivity contribution < 1.29 is 4.79 Å². The number of hydrogen-bond donors (Lipinski definition) is 2. The van der Waals surface area contributed by atoms with Gasteiger partial charge in [-0.25, -0.2) is 0 Å². The van der Waals surface area contributed by atoms with Gasteiger partial charge in [0.05, 0.1) is 0 Å². The number of aromatic nitrogens is 3. The second kappa shape index (κ2) is 5.95. The average Bonchev–Trinajstić information content (AvgIpc) is 2.89. The first kappa shape index (κ1) is 15.2. The second-order valence-electron chi connectivity index (χ2n) is 5.96. The van der Waals surface area contributed by atoms with Gasteiger partial charge in [-0.05, 0) is 0 Å². The van der Waals surface area contributed by atoms with Crippen LogP contribution in [0.2, 0.25) is 0 Å². The number of nitrogen functional groups attached to an aromatic ring is 1. The number of para-hydroxylation sites is 2. The van der Waals surface area contributed by atoms with Crippen molar-refractivity contribution in [1.29, 1.82) is 0 Å². The van der Waals surface area contributed by atoms with Gasteiger partial charge in [-0.3, -0.25) is 0 Å². The minimum absolute atomic E-state index is 0.267. The number of carbonyl (C=O) groups is 1. The van der Waals surface area contributed by atoms with Crippen LogP contribution in [0.5, 0.6) is 0 Å². The molecule has 3 N–H and O–H groups in total. The predicted molar refractivity (Wildman–Crippen MR) is 93.8 cm³/mol. The molecule has 0 bridgehead atoms. The van der Waals surface area contributed by atoms with Gasteiger partial charge in [0.25, 0.3) is 0 Å². The summed E-state index contributed by atoms with van der Waals surface area (Å²) in [5.41, 5.74) is 8.17. The molecule has 3 aromatic rings. The molecule has 2 heterocycles. The van der Waals surface area contributed by atoms with E-state index >= 15 is 0 Å². The molecule has 7 heteroatoms. The number of nitrogens with one attached hydrogen (secondary N) is 1. The molecule has 1 aliphatic rings. The standard InChI is InChI=1S/C17H16AsN5O/c18-15-14-13(17(24)21-12-7-2-1-6-11(12)19)22-16(10-4-3-5-10)23(14)9-8-20-15/h1-2,6-10H,3-5,19H2,(H,21,24). The van der Waals surface area contributed by atoms with Crippen molar-refractivity contribution in [3.8, 4) is 0 Å². The van der Waals surface area contributed by atoms with Crippen molar-refractivity contribution in [2.75, 3.05) is 11.1 Å². The van der Waals surface area contributed by atoms with Gasteiger partial charge < -0.3 is 0 Å². The monoisotopic (exact) mass is 381 g/mol. The van der Waals surface area contributed by atoms with Crippen LogP contribution in [0.1, 0.15) is 41.5 Å². The number of nitrogens with two attached hydrogens (primary N) is 1. The van der Waals surface area contributed by atoms with Gasteiger partial charge in [0.15, 0.2) is 0 Å². The number of rotatable bonds is 3.